The molecule has 0 amide bonds. The van der Waals surface area contributed by atoms with E-state index in [1.807, 2.05) is 0 Å². The summed E-state index contributed by atoms with van der Waals surface area (Å²) < 4.78 is 0. The van der Waals surface area contributed by atoms with E-state index in [-0.39, 0.29) is 6.47 Å². The summed E-state index contributed by atoms with van der Waals surface area (Å²) >= 11 is 0. The fourth-order valence-corrected chi connectivity index (χ4v) is 0.250. The molecule has 2 nitrogen and oxygen atoms in total. The van der Waals surface area contributed by atoms with Gasteiger partial charge in [0.15, 0.2) is 0 Å². The first-order valence-corrected chi connectivity index (χ1v) is 2.39. The van der Waals surface area contributed by atoms with Gasteiger partial charge in [-0.05, 0) is 12.8 Å². The second kappa shape index (κ2) is 4.20. The summed E-state index contributed by atoms with van der Waals surface area (Å²) in [5.41, 5.74) is 0. The van der Waals surface area contributed by atoms with Crippen LogP contribution in [0.2, 0.25) is 0 Å². The van der Waals surface area contributed by atoms with E-state index in [1.54, 1.807) is 0 Å². The molecule has 1 saturated carbocycles. The number of terminal acetylenes is 1. The van der Waals surface area contributed by atoms with Gasteiger partial charge in [-0.2, -0.15) is 0 Å². The highest BCUT2D eigenvalue weighted by Gasteiger charge is 2.16. The van der Waals surface area contributed by atoms with Crippen molar-refractivity contribution < 1.29 is 9.90 Å². The van der Waals surface area contributed by atoms with Crippen molar-refractivity contribution in [3.8, 4) is 12.3 Å². The zero-order valence-electron chi connectivity index (χ0n) is 4.50. The Hall–Kier alpha value is -0.970. The molecule has 1 rings (SSSR count). The van der Waals surface area contributed by atoms with Crippen molar-refractivity contribution in [3.63, 3.8) is 0 Å². The SMILES string of the molecule is C#CC1CC1.O=CO. The fourth-order valence-electron chi connectivity index (χ4n) is 0.250. The van der Waals surface area contributed by atoms with Crippen molar-refractivity contribution in [1.82, 2.24) is 0 Å². The molecule has 0 aromatic carbocycles. The zero-order valence-corrected chi connectivity index (χ0v) is 4.50. The van der Waals surface area contributed by atoms with Gasteiger partial charge in [-0.3, -0.25) is 4.79 Å². The first-order valence-electron chi connectivity index (χ1n) is 2.39. The van der Waals surface area contributed by atoms with Crippen molar-refractivity contribution in [3.05, 3.63) is 0 Å². The van der Waals surface area contributed by atoms with E-state index in [2.05, 4.69) is 5.92 Å². The Balaban J connectivity index is 0.000000145. The molecule has 1 aliphatic rings. The minimum Gasteiger partial charge on any atom is -0.483 e. The van der Waals surface area contributed by atoms with E-state index in [9.17, 15) is 0 Å². The third-order valence-electron chi connectivity index (χ3n) is 0.813. The summed E-state index contributed by atoms with van der Waals surface area (Å²) in [5, 5.41) is 6.89. The summed E-state index contributed by atoms with van der Waals surface area (Å²) in [5.74, 6) is 3.30. The summed E-state index contributed by atoms with van der Waals surface area (Å²) in [7, 11) is 0. The predicted octanol–water partition coefficient (Wildman–Crippen LogP) is 0.730. The van der Waals surface area contributed by atoms with Crippen LogP contribution in [0.3, 0.4) is 0 Å². The van der Waals surface area contributed by atoms with Crippen molar-refractivity contribution >= 4 is 6.47 Å². The van der Waals surface area contributed by atoms with Gasteiger partial charge in [0.1, 0.15) is 0 Å². The van der Waals surface area contributed by atoms with E-state index in [1.165, 1.54) is 12.8 Å². The summed E-state index contributed by atoms with van der Waals surface area (Å²) in [4.78, 5) is 8.36. The van der Waals surface area contributed by atoms with Crippen LogP contribution >= 0.6 is 0 Å². The zero-order chi connectivity index (χ0) is 6.41. The van der Waals surface area contributed by atoms with Crippen molar-refractivity contribution in [2.45, 2.75) is 12.8 Å². The Morgan fingerprint density at radius 1 is 1.75 bits per heavy atom. The minimum absolute atomic E-state index is 0.250. The lowest BCUT2D eigenvalue weighted by Gasteiger charge is -1.57. The maximum absolute atomic E-state index is 8.36. The summed E-state index contributed by atoms with van der Waals surface area (Å²) in [6.07, 6.45) is 7.53. The lowest BCUT2D eigenvalue weighted by Crippen LogP contribution is -1.52. The van der Waals surface area contributed by atoms with Gasteiger partial charge in [0.25, 0.3) is 6.47 Å². The average Bonchev–Trinajstić information content (AvgIpc) is 2.48. The molecule has 0 heterocycles. The van der Waals surface area contributed by atoms with Crippen LogP contribution in [0.15, 0.2) is 0 Å². The molecule has 0 bridgehead atoms. The van der Waals surface area contributed by atoms with Crippen LogP contribution in [0.25, 0.3) is 0 Å². The molecule has 0 saturated heterocycles. The maximum Gasteiger partial charge on any atom is 0.290 e. The van der Waals surface area contributed by atoms with Crippen LogP contribution < -0.4 is 0 Å². The highest BCUT2D eigenvalue weighted by atomic mass is 16.3. The van der Waals surface area contributed by atoms with Gasteiger partial charge in [-0.25, -0.2) is 0 Å². The van der Waals surface area contributed by atoms with Gasteiger partial charge in [-0.1, -0.05) is 0 Å². The first-order chi connectivity index (χ1) is 3.85. The summed E-state index contributed by atoms with van der Waals surface area (Å²) in [6.45, 7) is -0.250. The molecule has 1 N–H and O–H groups in total. The van der Waals surface area contributed by atoms with Gasteiger partial charge < -0.3 is 5.11 Å². The molecule has 2 heteroatoms. The van der Waals surface area contributed by atoms with Crippen LogP contribution in [-0.2, 0) is 4.79 Å². The van der Waals surface area contributed by atoms with E-state index >= 15 is 0 Å². The molecule has 1 aliphatic carbocycles. The van der Waals surface area contributed by atoms with E-state index in [0.29, 0.717) is 5.92 Å². The molecule has 0 spiro atoms. The predicted molar refractivity (Wildman–Crippen MR) is 30.2 cm³/mol. The molecule has 0 aromatic heterocycles. The molecular weight excluding hydrogens is 104 g/mol. The fraction of sp³-hybridized carbons (Fsp3) is 0.500. The van der Waals surface area contributed by atoms with Crippen molar-refractivity contribution in [2.75, 3.05) is 0 Å². The largest absolute Gasteiger partial charge is 0.483 e. The number of carbonyl (C=O) groups is 1. The number of rotatable bonds is 0. The molecule has 0 atom stereocenters. The Morgan fingerprint density at radius 3 is 2.12 bits per heavy atom. The molecule has 0 unspecified atom stereocenters. The number of hydrogen-bond acceptors (Lipinski definition) is 1. The highest BCUT2D eigenvalue weighted by Crippen LogP contribution is 2.26. The van der Waals surface area contributed by atoms with Crippen LogP contribution in [0, 0.1) is 18.3 Å². The van der Waals surface area contributed by atoms with Crippen LogP contribution in [-0.4, -0.2) is 11.6 Å². The molecule has 0 radical (unpaired) electrons. The molecule has 0 aliphatic heterocycles. The average molecular weight is 112 g/mol. The quantitative estimate of drug-likeness (QED) is 0.370. The van der Waals surface area contributed by atoms with Gasteiger partial charge >= 0.3 is 0 Å². The van der Waals surface area contributed by atoms with Crippen LogP contribution in [0.5, 0.6) is 0 Å². The topological polar surface area (TPSA) is 37.3 Å². The molecule has 1 fully saturated rings. The number of carboxylic acid groups (broad SMARTS) is 1. The van der Waals surface area contributed by atoms with Gasteiger partial charge in [0, 0.05) is 5.92 Å². The lowest BCUT2D eigenvalue weighted by atomic mass is 10.5. The standard InChI is InChI=1S/C5H6.CH2O2/c1-2-5-3-4-5;2-1-3/h1,5H,3-4H2;1H,(H,2,3). The maximum atomic E-state index is 8.36. The van der Waals surface area contributed by atoms with Crippen LogP contribution in [0.1, 0.15) is 12.8 Å². The van der Waals surface area contributed by atoms with E-state index < -0.39 is 0 Å². The Morgan fingerprint density at radius 2 is 2.12 bits per heavy atom. The van der Waals surface area contributed by atoms with Crippen molar-refractivity contribution in [1.29, 1.82) is 0 Å². The Bertz CT molecular complexity index is 97.6. The van der Waals surface area contributed by atoms with Gasteiger partial charge in [0.05, 0.1) is 0 Å². The van der Waals surface area contributed by atoms with Gasteiger partial charge in [0.2, 0.25) is 0 Å². The second-order valence-corrected chi connectivity index (χ2v) is 1.55. The first kappa shape index (κ1) is 7.03. The normalized spacial score (nSPS) is 14.9. The van der Waals surface area contributed by atoms with E-state index in [0.717, 1.165) is 0 Å². The molecule has 0 aromatic rings. The third kappa shape index (κ3) is 5.03. The Kier molecular flexibility index (Phi) is 3.69. The minimum atomic E-state index is -0.250. The monoisotopic (exact) mass is 112 g/mol. The molecular formula is C6H8O2. The van der Waals surface area contributed by atoms with Gasteiger partial charge in [-0.15, -0.1) is 12.3 Å². The van der Waals surface area contributed by atoms with Crippen LogP contribution in [0.4, 0.5) is 0 Å². The van der Waals surface area contributed by atoms with E-state index in [4.69, 9.17) is 16.3 Å². The second-order valence-electron chi connectivity index (χ2n) is 1.55. The highest BCUT2D eigenvalue weighted by molar-refractivity contribution is 5.32. The Labute approximate surface area is 48.5 Å². The third-order valence-corrected chi connectivity index (χ3v) is 0.813. The molecule has 8 heavy (non-hydrogen) atoms. The molecule has 44 valence electrons. The van der Waals surface area contributed by atoms with Crippen molar-refractivity contribution in [2.24, 2.45) is 5.92 Å². The number of hydrogen-bond donors (Lipinski definition) is 1. The summed E-state index contributed by atoms with van der Waals surface area (Å²) in [6, 6.07) is 0. The lowest BCUT2D eigenvalue weighted by molar-refractivity contribution is -0.122. The smallest absolute Gasteiger partial charge is 0.290 e.